The van der Waals surface area contributed by atoms with E-state index in [4.69, 9.17) is 0 Å². The number of carbonyl (C=O) groups is 1. The summed E-state index contributed by atoms with van der Waals surface area (Å²) in [6.07, 6.45) is 6.09. The van der Waals surface area contributed by atoms with Crippen molar-refractivity contribution in [2.45, 2.75) is 37.8 Å². The van der Waals surface area contributed by atoms with Gasteiger partial charge in [0.25, 0.3) is 0 Å². The number of fused-ring (bicyclic) bond motifs is 2. The van der Waals surface area contributed by atoms with Crippen molar-refractivity contribution in [2.24, 2.45) is 0 Å². The first-order chi connectivity index (χ1) is 12.7. The van der Waals surface area contributed by atoms with Crippen LogP contribution < -0.4 is 10.2 Å². The quantitative estimate of drug-likeness (QED) is 0.921. The Hall–Kier alpha value is -2.40. The van der Waals surface area contributed by atoms with Crippen LogP contribution in [-0.4, -0.2) is 48.0 Å². The van der Waals surface area contributed by atoms with Crippen LogP contribution in [0.5, 0.6) is 0 Å². The predicted molar refractivity (Wildman–Crippen MR) is 104 cm³/mol. The average molecular weight is 350 g/mol. The Labute approximate surface area is 155 Å². The molecule has 0 radical (unpaired) electrons. The van der Waals surface area contributed by atoms with Crippen LogP contribution in [0.4, 0.5) is 11.5 Å². The molecule has 1 N–H and O–H groups in total. The molecule has 2 aromatic rings. The van der Waals surface area contributed by atoms with Gasteiger partial charge in [-0.05, 0) is 44.0 Å². The normalized spacial score (nSPS) is 22.9. The van der Waals surface area contributed by atoms with Gasteiger partial charge in [0.1, 0.15) is 5.82 Å². The molecule has 2 fully saturated rings. The summed E-state index contributed by atoms with van der Waals surface area (Å²) >= 11 is 0. The number of nitrogens with zero attached hydrogens (tertiary/aromatic N) is 3. The Balaban J connectivity index is 1.37. The number of hydrogen-bond donors (Lipinski definition) is 1. The number of aromatic nitrogens is 1. The lowest BCUT2D eigenvalue weighted by atomic mass is 10.1. The molecule has 0 spiro atoms. The third kappa shape index (κ3) is 3.73. The summed E-state index contributed by atoms with van der Waals surface area (Å²) in [4.78, 5) is 21.6. The van der Waals surface area contributed by atoms with E-state index in [2.05, 4.69) is 33.2 Å². The molecule has 4 rings (SSSR count). The number of benzene rings is 1. The molecule has 1 aromatic carbocycles. The van der Waals surface area contributed by atoms with E-state index in [9.17, 15) is 4.79 Å². The SMILES string of the molecule is CN1C2CCC1CN(c1ccc(NC(=O)Cc3ccccc3)nc1)CC2. The lowest BCUT2D eigenvalue weighted by molar-refractivity contribution is -0.115. The molecule has 5 heteroatoms. The Kier molecular flexibility index (Phi) is 4.89. The maximum Gasteiger partial charge on any atom is 0.229 e. The van der Waals surface area contributed by atoms with Crippen molar-refractivity contribution < 1.29 is 4.79 Å². The van der Waals surface area contributed by atoms with E-state index in [-0.39, 0.29) is 5.91 Å². The van der Waals surface area contributed by atoms with E-state index in [0.717, 1.165) is 30.4 Å². The minimum Gasteiger partial charge on any atom is -0.369 e. The van der Waals surface area contributed by atoms with Crippen LogP contribution in [0.25, 0.3) is 0 Å². The Morgan fingerprint density at radius 1 is 1.12 bits per heavy atom. The van der Waals surface area contributed by atoms with Crippen LogP contribution in [0.3, 0.4) is 0 Å². The van der Waals surface area contributed by atoms with Gasteiger partial charge < -0.3 is 10.2 Å². The first-order valence-electron chi connectivity index (χ1n) is 9.46. The van der Waals surface area contributed by atoms with E-state index in [1.807, 2.05) is 42.6 Å². The summed E-state index contributed by atoms with van der Waals surface area (Å²) < 4.78 is 0. The zero-order valence-corrected chi connectivity index (χ0v) is 15.3. The molecule has 3 heterocycles. The highest BCUT2D eigenvalue weighted by molar-refractivity contribution is 5.91. The number of amides is 1. The molecular formula is C21H26N4O. The van der Waals surface area contributed by atoms with Crippen molar-refractivity contribution >= 4 is 17.4 Å². The van der Waals surface area contributed by atoms with Crippen LogP contribution in [0.2, 0.25) is 0 Å². The number of anilines is 2. The molecule has 2 aliphatic rings. The van der Waals surface area contributed by atoms with Crippen molar-refractivity contribution in [3.8, 4) is 0 Å². The fraction of sp³-hybridized carbons (Fsp3) is 0.429. The number of nitrogens with one attached hydrogen (secondary N) is 1. The standard InChI is InChI=1S/C21H26N4O/c1-24-17-7-8-19(24)15-25(12-11-17)18-9-10-20(22-14-18)23-21(26)13-16-5-3-2-4-6-16/h2-6,9-10,14,17,19H,7-8,11-13,15H2,1H3,(H,22,23,26). The van der Waals surface area contributed by atoms with Crippen molar-refractivity contribution in [1.82, 2.24) is 9.88 Å². The van der Waals surface area contributed by atoms with Gasteiger partial charge in [-0.15, -0.1) is 0 Å². The minimum atomic E-state index is -0.0369. The summed E-state index contributed by atoms with van der Waals surface area (Å²) in [7, 11) is 2.26. The third-order valence-corrected chi connectivity index (χ3v) is 5.74. The van der Waals surface area contributed by atoms with Gasteiger partial charge in [-0.2, -0.15) is 0 Å². The molecule has 1 aromatic heterocycles. The van der Waals surface area contributed by atoms with Gasteiger partial charge >= 0.3 is 0 Å². The smallest absolute Gasteiger partial charge is 0.229 e. The van der Waals surface area contributed by atoms with Crippen LogP contribution >= 0.6 is 0 Å². The van der Waals surface area contributed by atoms with Gasteiger partial charge in [0.2, 0.25) is 5.91 Å². The van der Waals surface area contributed by atoms with Gasteiger partial charge in [0, 0.05) is 25.2 Å². The van der Waals surface area contributed by atoms with Crippen molar-refractivity contribution in [3.05, 3.63) is 54.2 Å². The molecule has 26 heavy (non-hydrogen) atoms. The van der Waals surface area contributed by atoms with E-state index in [0.29, 0.717) is 18.3 Å². The van der Waals surface area contributed by atoms with Crippen molar-refractivity contribution in [2.75, 3.05) is 30.4 Å². The second-order valence-corrected chi connectivity index (χ2v) is 7.40. The van der Waals surface area contributed by atoms with E-state index < -0.39 is 0 Å². The molecule has 2 atom stereocenters. The molecule has 2 aliphatic heterocycles. The van der Waals surface area contributed by atoms with Gasteiger partial charge in [-0.25, -0.2) is 4.98 Å². The van der Waals surface area contributed by atoms with Crippen molar-refractivity contribution in [3.63, 3.8) is 0 Å². The molecule has 2 bridgehead atoms. The zero-order valence-electron chi connectivity index (χ0n) is 15.3. The fourth-order valence-electron chi connectivity index (χ4n) is 4.16. The average Bonchev–Trinajstić information content (AvgIpc) is 2.89. The molecule has 1 amide bonds. The lowest BCUT2D eigenvalue weighted by Crippen LogP contribution is -2.36. The second kappa shape index (κ2) is 7.46. The highest BCUT2D eigenvalue weighted by Gasteiger charge is 2.34. The van der Waals surface area contributed by atoms with Gasteiger partial charge in [0.15, 0.2) is 0 Å². The van der Waals surface area contributed by atoms with E-state index in [1.54, 1.807) is 0 Å². The van der Waals surface area contributed by atoms with Gasteiger partial charge in [-0.3, -0.25) is 9.69 Å². The Morgan fingerprint density at radius 2 is 1.92 bits per heavy atom. The maximum atomic E-state index is 12.2. The zero-order chi connectivity index (χ0) is 17.9. The second-order valence-electron chi connectivity index (χ2n) is 7.40. The fourth-order valence-corrected chi connectivity index (χ4v) is 4.16. The molecule has 136 valence electrons. The number of carbonyl (C=O) groups excluding carboxylic acids is 1. The molecule has 2 saturated heterocycles. The molecular weight excluding hydrogens is 324 g/mol. The summed E-state index contributed by atoms with van der Waals surface area (Å²) in [5, 5.41) is 2.89. The molecule has 2 unspecified atom stereocenters. The summed E-state index contributed by atoms with van der Waals surface area (Å²) in [6, 6.07) is 15.1. The number of hydrogen-bond acceptors (Lipinski definition) is 4. The predicted octanol–water partition coefficient (Wildman–Crippen LogP) is 2.94. The van der Waals surface area contributed by atoms with Gasteiger partial charge in [0.05, 0.1) is 18.3 Å². The largest absolute Gasteiger partial charge is 0.369 e. The highest BCUT2D eigenvalue weighted by atomic mass is 16.1. The minimum absolute atomic E-state index is 0.0369. The van der Waals surface area contributed by atoms with E-state index in [1.165, 1.54) is 19.3 Å². The molecule has 5 nitrogen and oxygen atoms in total. The van der Waals surface area contributed by atoms with Crippen LogP contribution in [0, 0.1) is 0 Å². The first kappa shape index (κ1) is 17.0. The van der Waals surface area contributed by atoms with Crippen LogP contribution in [0.15, 0.2) is 48.7 Å². The third-order valence-electron chi connectivity index (χ3n) is 5.74. The summed E-state index contributed by atoms with van der Waals surface area (Å²) in [6.45, 7) is 2.14. The number of likely N-dealkylation sites (N-methyl/N-ethyl adjacent to an activating group) is 1. The maximum absolute atomic E-state index is 12.2. The first-order valence-corrected chi connectivity index (χ1v) is 9.46. The molecule has 0 saturated carbocycles. The Bertz CT molecular complexity index is 746. The van der Waals surface area contributed by atoms with Crippen LogP contribution in [-0.2, 0) is 11.2 Å². The number of rotatable bonds is 4. The summed E-state index contributed by atoms with van der Waals surface area (Å²) in [5.41, 5.74) is 2.15. The van der Waals surface area contributed by atoms with E-state index >= 15 is 0 Å². The van der Waals surface area contributed by atoms with Gasteiger partial charge in [-0.1, -0.05) is 30.3 Å². The monoisotopic (exact) mass is 350 g/mol. The summed E-state index contributed by atoms with van der Waals surface area (Å²) in [5.74, 6) is 0.577. The van der Waals surface area contributed by atoms with Crippen LogP contribution in [0.1, 0.15) is 24.8 Å². The lowest BCUT2D eigenvalue weighted by Gasteiger charge is -2.27. The van der Waals surface area contributed by atoms with Crippen molar-refractivity contribution in [1.29, 1.82) is 0 Å². The number of pyridine rings is 1. The molecule has 0 aliphatic carbocycles. The topological polar surface area (TPSA) is 48.5 Å². The Morgan fingerprint density at radius 3 is 2.69 bits per heavy atom. The highest BCUT2D eigenvalue weighted by Crippen LogP contribution is 2.30.